The van der Waals surface area contributed by atoms with E-state index in [4.69, 9.17) is 14.2 Å². The van der Waals surface area contributed by atoms with Gasteiger partial charge < -0.3 is 39.8 Å². The largest absolute Gasteiger partial charge is 0.491 e. The SMILES string of the molecule is COC(=O)CCc1ccc(OCC(O)CNC(C)C)cc1.COCCc1ccc(OCC(O)CNC(C)C)cc1. The minimum Gasteiger partial charge on any atom is -0.491 e. The van der Waals surface area contributed by atoms with Gasteiger partial charge in [-0.25, -0.2) is 0 Å². The number of carbonyl (C=O) groups is 1. The van der Waals surface area contributed by atoms with Crippen LogP contribution in [-0.4, -0.2) is 87.6 Å². The van der Waals surface area contributed by atoms with Crippen molar-refractivity contribution in [2.24, 2.45) is 0 Å². The van der Waals surface area contributed by atoms with Gasteiger partial charge in [0.2, 0.25) is 0 Å². The van der Waals surface area contributed by atoms with Crippen LogP contribution in [0.2, 0.25) is 0 Å². The normalized spacial score (nSPS) is 12.4. The van der Waals surface area contributed by atoms with E-state index in [1.54, 1.807) is 7.11 Å². The van der Waals surface area contributed by atoms with Crippen molar-refractivity contribution in [3.8, 4) is 11.5 Å². The van der Waals surface area contributed by atoms with Crippen molar-refractivity contribution in [1.82, 2.24) is 10.6 Å². The van der Waals surface area contributed by atoms with E-state index in [0.29, 0.717) is 50.4 Å². The topological polar surface area (TPSA) is 119 Å². The molecule has 226 valence electrons. The van der Waals surface area contributed by atoms with E-state index < -0.39 is 12.2 Å². The van der Waals surface area contributed by atoms with Crippen LogP contribution in [0.1, 0.15) is 45.2 Å². The molecule has 0 aliphatic carbocycles. The van der Waals surface area contributed by atoms with Crippen molar-refractivity contribution in [3.63, 3.8) is 0 Å². The summed E-state index contributed by atoms with van der Waals surface area (Å²) in [6.07, 6.45) is 0.893. The monoisotopic (exact) mass is 562 g/mol. The molecule has 0 radical (unpaired) electrons. The third-order valence-corrected chi connectivity index (χ3v) is 5.70. The van der Waals surface area contributed by atoms with E-state index in [1.165, 1.54) is 12.7 Å². The molecule has 0 aromatic heterocycles. The summed E-state index contributed by atoms with van der Waals surface area (Å²) in [4.78, 5) is 11.1. The highest BCUT2D eigenvalue weighted by Crippen LogP contribution is 2.14. The van der Waals surface area contributed by atoms with Gasteiger partial charge in [-0.15, -0.1) is 0 Å². The molecule has 0 amide bonds. The lowest BCUT2D eigenvalue weighted by molar-refractivity contribution is -0.140. The van der Waals surface area contributed by atoms with E-state index in [1.807, 2.05) is 76.2 Å². The molecular weight excluding hydrogens is 512 g/mol. The number of hydrogen-bond donors (Lipinski definition) is 4. The van der Waals surface area contributed by atoms with Gasteiger partial charge in [0.1, 0.15) is 36.9 Å². The average Bonchev–Trinajstić information content (AvgIpc) is 2.95. The maximum absolute atomic E-state index is 11.1. The summed E-state index contributed by atoms with van der Waals surface area (Å²) in [5, 5.41) is 25.8. The van der Waals surface area contributed by atoms with Gasteiger partial charge in [0.05, 0.1) is 13.7 Å². The lowest BCUT2D eigenvalue weighted by Gasteiger charge is -2.15. The van der Waals surface area contributed by atoms with Crippen molar-refractivity contribution in [1.29, 1.82) is 0 Å². The van der Waals surface area contributed by atoms with Gasteiger partial charge in [-0.1, -0.05) is 52.0 Å². The molecule has 0 saturated carbocycles. The van der Waals surface area contributed by atoms with Crippen LogP contribution in [0.3, 0.4) is 0 Å². The average molecular weight is 563 g/mol. The highest BCUT2D eigenvalue weighted by Gasteiger charge is 2.07. The highest BCUT2D eigenvalue weighted by atomic mass is 16.5. The second-order valence-electron chi connectivity index (χ2n) is 10.2. The summed E-state index contributed by atoms with van der Waals surface area (Å²) in [6.45, 7) is 10.5. The molecule has 4 N–H and O–H groups in total. The Balaban J connectivity index is 0.000000402. The lowest BCUT2D eigenvalue weighted by atomic mass is 10.1. The molecular formula is C31H50N2O7. The second-order valence-corrected chi connectivity index (χ2v) is 10.2. The van der Waals surface area contributed by atoms with Crippen molar-refractivity contribution < 1.29 is 34.0 Å². The van der Waals surface area contributed by atoms with Crippen LogP contribution in [0.5, 0.6) is 11.5 Å². The summed E-state index contributed by atoms with van der Waals surface area (Å²) in [5.74, 6) is 1.28. The number of methoxy groups -OCH3 is 2. The Kier molecular flexibility index (Phi) is 18.6. The van der Waals surface area contributed by atoms with Crippen LogP contribution in [-0.2, 0) is 27.1 Å². The van der Waals surface area contributed by atoms with Gasteiger partial charge in [-0.2, -0.15) is 0 Å². The fraction of sp³-hybridized carbons (Fsp3) is 0.581. The minimum atomic E-state index is -0.536. The summed E-state index contributed by atoms with van der Waals surface area (Å²) < 4.78 is 20.7. The molecule has 9 heteroatoms. The molecule has 0 saturated heterocycles. The zero-order valence-corrected chi connectivity index (χ0v) is 25.0. The zero-order chi connectivity index (χ0) is 29.8. The molecule has 40 heavy (non-hydrogen) atoms. The smallest absolute Gasteiger partial charge is 0.305 e. The Hall–Kier alpha value is -2.69. The third-order valence-electron chi connectivity index (χ3n) is 5.70. The predicted molar refractivity (Wildman–Crippen MR) is 158 cm³/mol. The molecule has 2 rings (SSSR count). The number of carbonyl (C=O) groups excluding carboxylic acids is 1. The van der Waals surface area contributed by atoms with E-state index in [-0.39, 0.29) is 12.6 Å². The van der Waals surface area contributed by atoms with Gasteiger partial charge in [0.25, 0.3) is 0 Å². The van der Waals surface area contributed by atoms with Gasteiger partial charge in [-0.3, -0.25) is 4.79 Å². The number of aliphatic hydroxyl groups excluding tert-OH is 2. The Labute approximate surface area is 240 Å². The van der Waals surface area contributed by atoms with Gasteiger partial charge >= 0.3 is 5.97 Å². The van der Waals surface area contributed by atoms with Crippen LogP contribution in [0.25, 0.3) is 0 Å². The molecule has 2 unspecified atom stereocenters. The second kappa shape index (κ2) is 21.1. The summed E-state index contributed by atoms with van der Waals surface area (Å²) in [6, 6.07) is 16.1. The number of nitrogens with one attached hydrogen (secondary N) is 2. The zero-order valence-electron chi connectivity index (χ0n) is 25.0. The molecule has 0 aliphatic heterocycles. The summed E-state index contributed by atoms with van der Waals surface area (Å²) >= 11 is 0. The van der Waals surface area contributed by atoms with Crippen LogP contribution >= 0.6 is 0 Å². The first kappa shape index (κ1) is 35.3. The molecule has 0 fully saturated rings. The summed E-state index contributed by atoms with van der Waals surface area (Å²) in [7, 11) is 3.09. The molecule has 2 aromatic carbocycles. The van der Waals surface area contributed by atoms with Crippen molar-refractivity contribution >= 4 is 5.97 Å². The predicted octanol–water partition coefficient (Wildman–Crippen LogP) is 3.14. The fourth-order valence-electron chi connectivity index (χ4n) is 3.32. The quantitative estimate of drug-likeness (QED) is 0.203. The van der Waals surface area contributed by atoms with E-state index in [2.05, 4.69) is 15.4 Å². The van der Waals surface area contributed by atoms with E-state index >= 15 is 0 Å². The Bertz CT molecular complexity index is 905. The molecule has 9 nitrogen and oxygen atoms in total. The van der Waals surface area contributed by atoms with E-state index in [9.17, 15) is 15.0 Å². The Morgan fingerprint density at radius 3 is 1.52 bits per heavy atom. The third kappa shape index (κ3) is 17.8. The number of esters is 1. The number of ether oxygens (including phenoxy) is 4. The highest BCUT2D eigenvalue weighted by molar-refractivity contribution is 5.69. The number of hydrogen-bond acceptors (Lipinski definition) is 9. The first-order chi connectivity index (χ1) is 19.1. The summed E-state index contributed by atoms with van der Waals surface area (Å²) in [5.41, 5.74) is 2.27. The Morgan fingerprint density at radius 2 is 1.15 bits per heavy atom. The standard InChI is InChI=1S/C16H25NO4.C15H25NO3/c1-12(2)17-10-14(18)11-21-15-7-4-13(5-8-15)6-9-16(19)20-3;1-12(2)16-10-14(17)11-19-15-6-4-13(5-7-15)8-9-18-3/h4-5,7-8,12,14,17-18H,6,9-11H2,1-3H3;4-7,12,14,16-17H,8-11H2,1-3H3. The number of aryl methyl sites for hydroxylation is 1. The molecule has 2 atom stereocenters. The van der Waals surface area contributed by atoms with Gasteiger partial charge in [0.15, 0.2) is 0 Å². The van der Waals surface area contributed by atoms with Gasteiger partial charge in [-0.05, 0) is 48.2 Å². The first-order valence-electron chi connectivity index (χ1n) is 13.9. The Morgan fingerprint density at radius 1 is 0.725 bits per heavy atom. The number of benzene rings is 2. The van der Waals surface area contributed by atoms with Crippen LogP contribution in [0, 0.1) is 0 Å². The number of aliphatic hydroxyl groups is 2. The lowest BCUT2D eigenvalue weighted by Crippen LogP contribution is -2.35. The van der Waals surface area contributed by atoms with Crippen molar-refractivity contribution in [2.45, 2.75) is 71.2 Å². The molecule has 2 aromatic rings. The molecule has 0 spiro atoms. The maximum atomic E-state index is 11.1. The molecule has 0 heterocycles. The van der Waals surface area contributed by atoms with E-state index in [0.717, 1.165) is 24.3 Å². The van der Waals surface area contributed by atoms with Crippen LogP contribution < -0.4 is 20.1 Å². The maximum Gasteiger partial charge on any atom is 0.305 e. The van der Waals surface area contributed by atoms with Crippen LogP contribution in [0.15, 0.2) is 48.5 Å². The van der Waals surface area contributed by atoms with Gasteiger partial charge in [0, 0.05) is 38.7 Å². The molecule has 0 bridgehead atoms. The fourth-order valence-corrected chi connectivity index (χ4v) is 3.32. The minimum absolute atomic E-state index is 0.212. The van der Waals surface area contributed by atoms with Crippen molar-refractivity contribution in [3.05, 3.63) is 59.7 Å². The molecule has 0 aliphatic rings. The van der Waals surface area contributed by atoms with Crippen molar-refractivity contribution in [2.75, 3.05) is 47.1 Å². The number of rotatable bonds is 18. The van der Waals surface area contributed by atoms with Crippen LogP contribution in [0.4, 0.5) is 0 Å². The first-order valence-corrected chi connectivity index (χ1v) is 13.9.